The second kappa shape index (κ2) is 8.18. The lowest BCUT2D eigenvalue weighted by atomic mass is 10.1. The van der Waals surface area contributed by atoms with Crippen LogP contribution in [0.25, 0.3) is 11.0 Å². The van der Waals surface area contributed by atoms with E-state index in [0.717, 1.165) is 6.42 Å². The summed E-state index contributed by atoms with van der Waals surface area (Å²) in [5.41, 5.74) is -0.203. The minimum atomic E-state index is -0.745. The summed E-state index contributed by atoms with van der Waals surface area (Å²) in [5.74, 6) is -0.786. The summed E-state index contributed by atoms with van der Waals surface area (Å²) in [6.07, 6.45) is 0.761. The van der Waals surface area contributed by atoms with Gasteiger partial charge in [0.1, 0.15) is 16.9 Å². The maximum atomic E-state index is 12.3. The highest BCUT2D eigenvalue weighted by molar-refractivity contribution is 9.10. The number of fused-ring (bicyclic) bond motifs is 1. The zero-order valence-corrected chi connectivity index (χ0v) is 16.0. The highest BCUT2D eigenvalue weighted by Gasteiger charge is 2.15. The maximum absolute atomic E-state index is 12.3. The van der Waals surface area contributed by atoms with Crippen molar-refractivity contribution in [2.24, 2.45) is 0 Å². The quantitative estimate of drug-likeness (QED) is 0.377. The van der Waals surface area contributed by atoms with Crippen molar-refractivity contribution in [1.82, 2.24) is 5.32 Å². The topological polar surface area (TPSA) is 85.6 Å². The zero-order valence-electron chi connectivity index (χ0n) is 14.5. The summed E-state index contributed by atoms with van der Waals surface area (Å²) in [4.78, 5) is 36.4. The van der Waals surface area contributed by atoms with Gasteiger partial charge in [0, 0.05) is 22.5 Å². The number of carbonyl (C=O) groups is 2. The van der Waals surface area contributed by atoms with Gasteiger partial charge < -0.3 is 14.5 Å². The molecule has 0 bridgehead atoms. The largest absolute Gasteiger partial charge is 0.423 e. The van der Waals surface area contributed by atoms with Gasteiger partial charge in [0.25, 0.3) is 5.91 Å². The van der Waals surface area contributed by atoms with Gasteiger partial charge in [-0.1, -0.05) is 19.1 Å². The molecule has 3 rings (SSSR count). The lowest BCUT2D eigenvalue weighted by Gasteiger charge is -2.07. The van der Waals surface area contributed by atoms with Crippen molar-refractivity contribution in [3.05, 3.63) is 74.6 Å². The molecule has 0 aliphatic heterocycles. The lowest BCUT2D eigenvalue weighted by molar-refractivity contribution is 0.0733. The van der Waals surface area contributed by atoms with Gasteiger partial charge in [-0.2, -0.15) is 0 Å². The first-order chi connectivity index (χ1) is 13.0. The van der Waals surface area contributed by atoms with Crippen LogP contribution in [0.2, 0.25) is 0 Å². The van der Waals surface area contributed by atoms with Crippen molar-refractivity contribution in [1.29, 1.82) is 0 Å². The smallest absolute Gasteiger partial charge is 0.349 e. The predicted octanol–water partition coefficient (Wildman–Crippen LogP) is 3.91. The molecule has 27 heavy (non-hydrogen) atoms. The molecule has 0 spiro atoms. The number of halogens is 1. The molecular formula is C20H16BrNO5. The standard InChI is InChI=1S/C20H16BrNO5/c1-2-9-22-18(23)15-10-12-7-8-13(11-17(12)27-20(15)25)26-19(24)14-5-3-4-6-16(14)21/h3-8,10-11H,2,9H2,1H3,(H,22,23). The van der Waals surface area contributed by atoms with Crippen LogP contribution in [0.15, 0.2) is 62.2 Å². The maximum Gasteiger partial charge on any atom is 0.349 e. The molecule has 0 fully saturated rings. The molecule has 0 aliphatic carbocycles. The van der Waals surface area contributed by atoms with E-state index in [4.69, 9.17) is 9.15 Å². The van der Waals surface area contributed by atoms with Gasteiger partial charge >= 0.3 is 11.6 Å². The molecule has 3 aromatic rings. The van der Waals surface area contributed by atoms with E-state index in [0.29, 0.717) is 22.0 Å². The van der Waals surface area contributed by atoms with Gasteiger partial charge in [-0.3, -0.25) is 4.79 Å². The Kier molecular flexibility index (Phi) is 5.71. The summed E-state index contributed by atoms with van der Waals surface area (Å²) in [5, 5.41) is 3.20. The fraction of sp³-hybridized carbons (Fsp3) is 0.150. The molecule has 6 nitrogen and oxygen atoms in total. The third-order valence-electron chi connectivity index (χ3n) is 3.79. The second-order valence-corrected chi connectivity index (χ2v) is 6.63. The van der Waals surface area contributed by atoms with Crippen molar-refractivity contribution >= 4 is 38.8 Å². The van der Waals surface area contributed by atoms with Crippen LogP contribution in [-0.2, 0) is 0 Å². The van der Waals surface area contributed by atoms with E-state index in [1.165, 1.54) is 12.1 Å². The van der Waals surface area contributed by atoms with Crippen LogP contribution in [0.5, 0.6) is 5.75 Å². The average Bonchev–Trinajstić information content (AvgIpc) is 2.65. The molecule has 2 aromatic carbocycles. The van der Waals surface area contributed by atoms with Crippen LogP contribution >= 0.6 is 15.9 Å². The molecule has 0 radical (unpaired) electrons. The Hall–Kier alpha value is -2.93. The zero-order chi connectivity index (χ0) is 19.4. The van der Waals surface area contributed by atoms with Crippen LogP contribution < -0.4 is 15.7 Å². The van der Waals surface area contributed by atoms with Crippen LogP contribution in [0.3, 0.4) is 0 Å². The number of carbonyl (C=O) groups excluding carboxylic acids is 2. The number of nitrogens with one attached hydrogen (secondary N) is 1. The van der Waals surface area contributed by atoms with Gasteiger partial charge in [0.2, 0.25) is 0 Å². The van der Waals surface area contributed by atoms with Gasteiger partial charge in [-0.15, -0.1) is 0 Å². The molecule has 7 heteroatoms. The van der Waals surface area contributed by atoms with Gasteiger partial charge in [-0.05, 0) is 52.7 Å². The Morgan fingerprint density at radius 2 is 1.89 bits per heavy atom. The Balaban J connectivity index is 1.88. The fourth-order valence-electron chi connectivity index (χ4n) is 2.44. The van der Waals surface area contributed by atoms with E-state index in [-0.39, 0.29) is 16.9 Å². The van der Waals surface area contributed by atoms with Gasteiger partial charge in [0.15, 0.2) is 0 Å². The summed E-state index contributed by atoms with van der Waals surface area (Å²) >= 11 is 3.30. The molecule has 1 amide bonds. The number of benzene rings is 2. The fourth-order valence-corrected chi connectivity index (χ4v) is 2.88. The van der Waals surface area contributed by atoms with Crippen molar-refractivity contribution in [3.8, 4) is 5.75 Å². The van der Waals surface area contributed by atoms with Crippen LogP contribution in [0.4, 0.5) is 0 Å². The van der Waals surface area contributed by atoms with Crippen LogP contribution in [0, 0.1) is 0 Å². The van der Waals surface area contributed by atoms with E-state index >= 15 is 0 Å². The summed E-state index contributed by atoms with van der Waals surface area (Å²) in [7, 11) is 0. The van der Waals surface area contributed by atoms with Crippen molar-refractivity contribution in [3.63, 3.8) is 0 Å². The Bertz CT molecular complexity index is 1070. The number of hydrogen-bond donors (Lipinski definition) is 1. The SMILES string of the molecule is CCCNC(=O)c1cc2ccc(OC(=O)c3ccccc3Br)cc2oc1=O. The van der Waals surface area contributed by atoms with E-state index < -0.39 is 17.5 Å². The highest BCUT2D eigenvalue weighted by Crippen LogP contribution is 2.23. The molecule has 138 valence electrons. The van der Waals surface area contributed by atoms with Crippen molar-refractivity contribution in [2.45, 2.75) is 13.3 Å². The number of esters is 1. The molecule has 0 saturated carbocycles. The van der Waals surface area contributed by atoms with E-state index in [9.17, 15) is 14.4 Å². The van der Waals surface area contributed by atoms with E-state index in [1.807, 2.05) is 6.92 Å². The Labute approximate surface area is 163 Å². The molecule has 0 saturated heterocycles. The third kappa shape index (κ3) is 4.25. The lowest BCUT2D eigenvalue weighted by Crippen LogP contribution is -2.28. The molecule has 1 aromatic heterocycles. The minimum Gasteiger partial charge on any atom is -0.423 e. The average molecular weight is 430 g/mol. The molecular weight excluding hydrogens is 414 g/mol. The first-order valence-corrected chi connectivity index (χ1v) is 9.11. The van der Waals surface area contributed by atoms with E-state index in [1.54, 1.807) is 36.4 Å². The summed E-state index contributed by atoms with van der Waals surface area (Å²) in [6, 6.07) is 13.0. The number of hydrogen-bond acceptors (Lipinski definition) is 5. The number of amides is 1. The molecule has 0 atom stereocenters. The van der Waals surface area contributed by atoms with Gasteiger partial charge in [-0.25, -0.2) is 9.59 Å². The number of ether oxygens (including phenoxy) is 1. The van der Waals surface area contributed by atoms with Gasteiger partial charge in [0.05, 0.1) is 5.56 Å². The molecule has 1 N–H and O–H groups in total. The normalized spacial score (nSPS) is 10.6. The van der Waals surface area contributed by atoms with Crippen molar-refractivity contribution < 1.29 is 18.7 Å². The first-order valence-electron chi connectivity index (χ1n) is 8.32. The highest BCUT2D eigenvalue weighted by atomic mass is 79.9. The minimum absolute atomic E-state index is 0.0612. The Morgan fingerprint density at radius 1 is 1.11 bits per heavy atom. The summed E-state index contributed by atoms with van der Waals surface area (Å²) < 4.78 is 11.2. The number of rotatable bonds is 5. The first kappa shape index (κ1) is 18.8. The van der Waals surface area contributed by atoms with Crippen LogP contribution in [0.1, 0.15) is 34.1 Å². The monoisotopic (exact) mass is 429 g/mol. The van der Waals surface area contributed by atoms with E-state index in [2.05, 4.69) is 21.2 Å². The Morgan fingerprint density at radius 3 is 2.63 bits per heavy atom. The van der Waals surface area contributed by atoms with Crippen molar-refractivity contribution in [2.75, 3.05) is 6.54 Å². The third-order valence-corrected chi connectivity index (χ3v) is 4.48. The predicted molar refractivity (Wildman–Crippen MR) is 104 cm³/mol. The molecule has 1 heterocycles. The summed E-state index contributed by atoms with van der Waals surface area (Å²) in [6.45, 7) is 2.39. The second-order valence-electron chi connectivity index (χ2n) is 5.77. The molecule has 0 unspecified atom stereocenters. The van der Waals surface area contributed by atoms with Crippen LogP contribution in [-0.4, -0.2) is 18.4 Å². The molecule has 0 aliphatic rings.